The first-order chi connectivity index (χ1) is 12.6. The van der Waals surface area contributed by atoms with E-state index in [1.165, 1.54) is 11.3 Å². The Morgan fingerprint density at radius 3 is 2.54 bits per heavy atom. The number of carbonyl (C=O) groups excluding carboxylic acids is 3. The van der Waals surface area contributed by atoms with Crippen molar-refractivity contribution in [3.63, 3.8) is 0 Å². The number of fused-ring (bicyclic) bond motifs is 2. The third kappa shape index (κ3) is 2.83. The topological polar surface area (TPSA) is 92.5 Å². The zero-order chi connectivity index (χ0) is 18.1. The Labute approximate surface area is 148 Å². The summed E-state index contributed by atoms with van der Waals surface area (Å²) in [4.78, 5) is 41.9. The molecule has 1 aliphatic rings. The van der Waals surface area contributed by atoms with E-state index in [4.69, 9.17) is 4.42 Å². The molecule has 2 aromatic carbocycles. The number of amides is 3. The van der Waals surface area contributed by atoms with Gasteiger partial charge in [-0.15, -0.1) is 0 Å². The van der Waals surface area contributed by atoms with Crippen molar-refractivity contribution >= 4 is 34.5 Å². The number of carbonyl (C=O) groups is 3. The SMILES string of the molecule is O=C(CCCN1C(=O)c2ccccc2C1=O)Nc1ccc2ocnc2c1. The van der Waals surface area contributed by atoms with E-state index in [-0.39, 0.29) is 30.7 Å². The van der Waals surface area contributed by atoms with Crippen LogP contribution in [0.25, 0.3) is 11.1 Å². The zero-order valence-corrected chi connectivity index (χ0v) is 13.8. The second-order valence-corrected chi connectivity index (χ2v) is 5.99. The monoisotopic (exact) mass is 349 g/mol. The summed E-state index contributed by atoms with van der Waals surface area (Å²) in [6.07, 6.45) is 1.94. The van der Waals surface area contributed by atoms with Gasteiger partial charge in [0.2, 0.25) is 5.91 Å². The van der Waals surface area contributed by atoms with E-state index in [0.717, 1.165) is 0 Å². The highest BCUT2D eigenvalue weighted by molar-refractivity contribution is 6.21. The van der Waals surface area contributed by atoms with Crippen molar-refractivity contribution in [3.05, 3.63) is 60.0 Å². The van der Waals surface area contributed by atoms with Crippen LogP contribution in [-0.2, 0) is 4.79 Å². The van der Waals surface area contributed by atoms with Gasteiger partial charge in [-0.25, -0.2) is 4.98 Å². The molecule has 26 heavy (non-hydrogen) atoms. The van der Waals surface area contributed by atoms with E-state index in [9.17, 15) is 14.4 Å². The lowest BCUT2D eigenvalue weighted by Crippen LogP contribution is -2.31. The summed E-state index contributed by atoms with van der Waals surface area (Å²) in [6.45, 7) is 0.210. The van der Waals surface area contributed by atoms with Gasteiger partial charge in [-0.3, -0.25) is 19.3 Å². The molecule has 0 radical (unpaired) electrons. The minimum atomic E-state index is -0.303. The highest BCUT2D eigenvalue weighted by Crippen LogP contribution is 2.23. The van der Waals surface area contributed by atoms with E-state index < -0.39 is 0 Å². The molecule has 2 heterocycles. The number of hydrogen-bond acceptors (Lipinski definition) is 5. The van der Waals surface area contributed by atoms with Gasteiger partial charge in [0.25, 0.3) is 11.8 Å². The van der Waals surface area contributed by atoms with E-state index in [1.807, 2.05) is 0 Å². The molecule has 0 unspecified atom stereocenters. The van der Waals surface area contributed by atoms with Gasteiger partial charge in [-0.05, 0) is 36.8 Å². The summed E-state index contributed by atoms with van der Waals surface area (Å²) in [5, 5.41) is 2.78. The maximum absolute atomic E-state index is 12.3. The van der Waals surface area contributed by atoms with Crippen molar-refractivity contribution in [2.75, 3.05) is 11.9 Å². The molecule has 4 rings (SSSR count). The number of nitrogens with zero attached hydrogens (tertiary/aromatic N) is 2. The van der Waals surface area contributed by atoms with Crippen molar-refractivity contribution in [1.29, 1.82) is 0 Å². The van der Waals surface area contributed by atoms with Gasteiger partial charge in [-0.2, -0.15) is 0 Å². The molecule has 3 amide bonds. The average molecular weight is 349 g/mol. The predicted octanol–water partition coefficient (Wildman–Crippen LogP) is 2.84. The molecule has 0 bridgehead atoms. The molecule has 7 nitrogen and oxygen atoms in total. The Morgan fingerprint density at radius 1 is 1.08 bits per heavy atom. The maximum atomic E-state index is 12.3. The lowest BCUT2D eigenvalue weighted by atomic mass is 10.1. The van der Waals surface area contributed by atoms with Gasteiger partial charge < -0.3 is 9.73 Å². The van der Waals surface area contributed by atoms with E-state index in [1.54, 1.807) is 42.5 Å². The summed E-state index contributed by atoms with van der Waals surface area (Å²) in [5.41, 5.74) is 2.77. The quantitative estimate of drug-likeness (QED) is 0.715. The van der Waals surface area contributed by atoms with Crippen LogP contribution in [0.1, 0.15) is 33.6 Å². The minimum Gasteiger partial charge on any atom is -0.443 e. The van der Waals surface area contributed by atoms with Crippen molar-refractivity contribution < 1.29 is 18.8 Å². The second kappa shape index (κ2) is 6.44. The molecule has 130 valence electrons. The average Bonchev–Trinajstić information content (AvgIpc) is 3.20. The molecule has 0 aliphatic carbocycles. The Balaban J connectivity index is 1.33. The first-order valence-corrected chi connectivity index (χ1v) is 8.22. The summed E-state index contributed by atoms with van der Waals surface area (Å²) in [6, 6.07) is 11.9. The van der Waals surface area contributed by atoms with Crippen LogP contribution in [-0.4, -0.2) is 34.2 Å². The first kappa shape index (κ1) is 16.0. The van der Waals surface area contributed by atoms with Crippen molar-refractivity contribution in [1.82, 2.24) is 9.88 Å². The maximum Gasteiger partial charge on any atom is 0.261 e. The standard InChI is InChI=1S/C19H15N3O4/c23-17(21-12-7-8-16-15(10-12)20-11-26-16)6-3-9-22-18(24)13-4-1-2-5-14(13)19(22)25/h1-2,4-5,7-8,10-11H,3,6,9H2,(H,21,23). The van der Waals surface area contributed by atoms with Crippen molar-refractivity contribution in [2.45, 2.75) is 12.8 Å². The van der Waals surface area contributed by atoms with Gasteiger partial charge in [0.1, 0.15) is 5.52 Å². The van der Waals surface area contributed by atoms with Gasteiger partial charge in [0, 0.05) is 18.7 Å². The van der Waals surface area contributed by atoms with E-state index >= 15 is 0 Å². The van der Waals surface area contributed by atoms with Gasteiger partial charge in [-0.1, -0.05) is 12.1 Å². The summed E-state index contributed by atoms with van der Waals surface area (Å²) >= 11 is 0. The second-order valence-electron chi connectivity index (χ2n) is 5.99. The largest absolute Gasteiger partial charge is 0.443 e. The smallest absolute Gasteiger partial charge is 0.261 e. The van der Waals surface area contributed by atoms with Gasteiger partial charge in [0.15, 0.2) is 12.0 Å². The van der Waals surface area contributed by atoms with Crippen LogP contribution >= 0.6 is 0 Å². The molecule has 1 aromatic heterocycles. The molecule has 7 heteroatoms. The highest BCUT2D eigenvalue weighted by atomic mass is 16.3. The summed E-state index contributed by atoms with van der Waals surface area (Å²) < 4.78 is 5.15. The molecule has 0 atom stereocenters. The fourth-order valence-corrected chi connectivity index (χ4v) is 3.00. The number of hydrogen-bond donors (Lipinski definition) is 1. The molecule has 0 saturated heterocycles. The van der Waals surface area contributed by atoms with Crippen LogP contribution in [0.5, 0.6) is 0 Å². The number of nitrogens with one attached hydrogen (secondary N) is 1. The normalized spacial score (nSPS) is 13.3. The minimum absolute atomic E-state index is 0.190. The Kier molecular flexibility index (Phi) is 3.96. The molecule has 3 aromatic rings. The molecule has 0 saturated carbocycles. The predicted molar refractivity (Wildman–Crippen MR) is 93.7 cm³/mol. The number of imide groups is 1. The zero-order valence-electron chi connectivity index (χ0n) is 13.8. The van der Waals surface area contributed by atoms with Crippen molar-refractivity contribution in [2.24, 2.45) is 0 Å². The van der Waals surface area contributed by atoms with E-state index in [0.29, 0.717) is 34.3 Å². The van der Waals surface area contributed by atoms with Crippen LogP contribution in [0.3, 0.4) is 0 Å². The highest BCUT2D eigenvalue weighted by Gasteiger charge is 2.34. The lowest BCUT2D eigenvalue weighted by molar-refractivity contribution is -0.116. The molecular formula is C19H15N3O4. The Hall–Kier alpha value is -3.48. The van der Waals surface area contributed by atoms with Crippen LogP contribution < -0.4 is 5.32 Å². The fourth-order valence-electron chi connectivity index (χ4n) is 3.00. The third-order valence-electron chi connectivity index (χ3n) is 4.28. The van der Waals surface area contributed by atoms with Crippen LogP contribution in [0, 0.1) is 0 Å². The summed E-state index contributed by atoms with van der Waals surface area (Å²) in [5.74, 6) is -0.797. The lowest BCUT2D eigenvalue weighted by Gasteiger charge is -2.13. The van der Waals surface area contributed by atoms with Crippen LogP contribution in [0.4, 0.5) is 5.69 Å². The van der Waals surface area contributed by atoms with Crippen LogP contribution in [0.15, 0.2) is 53.3 Å². The first-order valence-electron chi connectivity index (χ1n) is 8.22. The molecule has 0 fully saturated rings. The third-order valence-corrected chi connectivity index (χ3v) is 4.28. The number of rotatable bonds is 5. The molecule has 1 aliphatic heterocycles. The number of benzene rings is 2. The molecule has 0 spiro atoms. The molecule has 1 N–H and O–H groups in total. The van der Waals surface area contributed by atoms with Gasteiger partial charge >= 0.3 is 0 Å². The number of anilines is 1. The van der Waals surface area contributed by atoms with Crippen LogP contribution in [0.2, 0.25) is 0 Å². The van der Waals surface area contributed by atoms with E-state index in [2.05, 4.69) is 10.3 Å². The van der Waals surface area contributed by atoms with Gasteiger partial charge in [0.05, 0.1) is 11.1 Å². The fraction of sp³-hybridized carbons (Fsp3) is 0.158. The number of oxazole rings is 1. The Morgan fingerprint density at radius 2 is 1.81 bits per heavy atom. The number of aromatic nitrogens is 1. The Bertz CT molecular complexity index is 989. The summed E-state index contributed by atoms with van der Waals surface area (Å²) in [7, 11) is 0. The molecular weight excluding hydrogens is 334 g/mol. The van der Waals surface area contributed by atoms with Crippen molar-refractivity contribution in [3.8, 4) is 0 Å².